The van der Waals surface area contributed by atoms with Gasteiger partial charge in [-0.2, -0.15) is 0 Å². The number of carbonyl (C=O) groups excluding carboxylic acids is 1. The Morgan fingerprint density at radius 3 is 2.86 bits per heavy atom. The second-order valence-electron chi connectivity index (χ2n) is 4.75. The number of rotatable bonds is 4. The zero-order valence-electron chi connectivity index (χ0n) is 11.8. The predicted octanol–water partition coefficient (Wildman–Crippen LogP) is 4.40. The number of benzene rings is 1. The first-order chi connectivity index (χ1) is 10.6. The number of halogens is 1. The second-order valence-corrected chi connectivity index (χ2v) is 6.39. The highest BCUT2D eigenvalue weighted by atomic mass is 79.9. The molecule has 3 rings (SSSR count). The summed E-state index contributed by atoms with van der Waals surface area (Å²) in [5, 5.41) is 5.72. The highest BCUT2D eigenvalue weighted by Crippen LogP contribution is 2.26. The smallest absolute Gasteiger partial charge is 0.287 e. The highest BCUT2D eigenvalue weighted by Gasteiger charge is 2.11. The van der Waals surface area contributed by atoms with Crippen LogP contribution in [0.5, 0.6) is 0 Å². The summed E-state index contributed by atoms with van der Waals surface area (Å²) < 4.78 is 5.75. The molecule has 3 aromatic rings. The number of thiazole rings is 1. The van der Waals surface area contributed by atoms with Crippen molar-refractivity contribution in [2.24, 2.45) is 0 Å². The molecule has 0 aliphatic heterocycles. The lowest BCUT2D eigenvalue weighted by molar-refractivity contribution is 0.0921. The number of hydrogen-bond donors (Lipinski definition) is 1. The lowest BCUT2D eigenvalue weighted by Gasteiger charge is -2.01. The van der Waals surface area contributed by atoms with E-state index in [1.807, 2.05) is 17.5 Å². The molecular formula is C16H13BrN2O2S. The van der Waals surface area contributed by atoms with Gasteiger partial charge in [0.25, 0.3) is 5.91 Å². The minimum Gasteiger partial charge on any atom is -0.444 e. The fraction of sp³-hybridized carbons (Fsp3) is 0.125. The van der Waals surface area contributed by atoms with E-state index in [1.54, 1.807) is 23.5 Å². The molecule has 0 bridgehead atoms. The van der Waals surface area contributed by atoms with Crippen molar-refractivity contribution >= 4 is 33.2 Å². The van der Waals surface area contributed by atoms with Crippen molar-refractivity contribution in [3.63, 3.8) is 0 Å². The molecule has 0 fully saturated rings. The molecule has 6 heteroatoms. The molecule has 22 heavy (non-hydrogen) atoms. The summed E-state index contributed by atoms with van der Waals surface area (Å²) in [6.45, 7) is 2.44. The van der Waals surface area contributed by atoms with E-state index in [1.165, 1.54) is 5.56 Å². The van der Waals surface area contributed by atoms with E-state index in [0.29, 0.717) is 11.2 Å². The van der Waals surface area contributed by atoms with Crippen LogP contribution in [-0.4, -0.2) is 10.9 Å². The largest absolute Gasteiger partial charge is 0.444 e. The molecule has 2 heterocycles. The van der Waals surface area contributed by atoms with Gasteiger partial charge in [-0.15, -0.1) is 11.3 Å². The standard InChI is InChI=1S/C16H13BrN2O2S/c1-10-4-2-3-5-12(10)16-19-11(9-22-16)8-18-15(20)13-6-7-14(17)21-13/h2-7,9H,8H2,1H3,(H,18,20). The molecule has 0 saturated carbocycles. The minimum atomic E-state index is -0.254. The van der Waals surface area contributed by atoms with Crippen LogP contribution < -0.4 is 5.32 Å². The van der Waals surface area contributed by atoms with Crippen LogP contribution in [0.25, 0.3) is 10.6 Å². The van der Waals surface area contributed by atoms with Crippen molar-refractivity contribution in [3.05, 3.63) is 63.5 Å². The van der Waals surface area contributed by atoms with Crippen LogP contribution in [0.2, 0.25) is 0 Å². The Balaban J connectivity index is 1.67. The van der Waals surface area contributed by atoms with Crippen molar-refractivity contribution < 1.29 is 9.21 Å². The van der Waals surface area contributed by atoms with Gasteiger partial charge in [0.1, 0.15) is 5.01 Å². The van der Waals surface area contributed by atoms with Crippen molar-refractivity contribution in [1.29, 1.82) is 0 Å². The molecule has 1 aromatic carbocycles. The second kappa shape index (κ2) is 6.46. The molecule has 0 aliphatic carbocycles. The summed E-state index contributed by atoms with van der Waals surface area (Å²) in [5.41, 5.74) is 3.15. The fourth-order valence-corrected chi connectivity index (χ4v) is 3.24. The van der Waals surface area contributed by atoms with Crippen molar-refractivity contribution in [3.8, 4) is 10.6 Å². The first-order valence-corrected chi connectivity index (χ1v) is 8.34. The van der Waals surface area contributed by atoms with E-state index in [9.17, 15) is 4.79 Å². The number of aromatic nitrogens is 1. The van der Waals surface area contributed by atoms with Crippen LogP contribution in [-0.2, 0) is 6.54 Å². The third-order valence-electron chi connectivity index (χ3n) is 3.15. The van der Waals surface area contributed by atoms with Crippen LogP contribution in [0.1, 0.15) is 21.8 Å². The van der Waals surface area contributed by atoms with Gasteiger partial charge in [0.15, 0.2) is 10.4 Å². The average Bonchev–Trinajstić information content (AvgIpc) is 3.14. The van der Waals surface area contributed by atoms with E-state index in [0.717, 1.165) is 16.3 Å². The van der Waals surface area contributed by atoms with E-state index in [-0.39, 0.29) is 11.7 Å². The van der Waals surface area contributed by atoms with Crippen LogP contribution in [0, 0.1) is 6.92 Å². The van der Waals surface area contributed by atoms with Gasteiger partial charge in [0, 0.05) is 10.9 Å². The number of aryl methyl sites for hydroxylation is 1. The van der Waals surface area contributed by atoms with Crippen molar-refractivity contribution in [2.45, 2.75) is 13.5 Å². The quantitative estimate of drug-likeness (QED) is 0.733. The van der Waals surface area contributed by atoms with Crippen LogP contribution in [0.4, 0.5) is 0 Å². The summed E-state index contributed by atoms with van der Waals surface area (Å²) in [5.74, 6) is 0.0253. The third kappa shape index (κ3) is 3.28. The Morgan fingerprint density at radius 2 is 2.14 bits per heavy atom. The predicted molar refractivity (Wildman–Crippen MR) is 89.9 cm³/mol. The Morgan fingerprint density at radius 1 is 1.32 bits per heavy atom. The molecule has 4 nitrogen and oxygen atoms in total. The zero-order chi connectivity index (χ0) is 15.5. The van der Waals surface area contributed by atoms with Gasteiger partial charge in [-0.05, 0) is 40.5 Å². The van der Waals surface area contributed by atoms with Gasteiger partial charge in [0.05, 0.1) is 12.2 Å². The number of carbonyl (C=O) groups is 1. The van der Waals surface area contributed by atoms with Crippen molar-refractivity contribution in [1.82, 2.24) is 10.3 Å². The molecule has 0 spiro atoms. The van der Waals surface area contributed by atoms with Crippen LogP contribution in [0.15, 0.2) is 50.9 Å². The van der Waals surface area contributed by atoms with Crippen molar-refractivity contribution in [2.75, 3.05) is 0 Å². The Kier molecular flexibility index (Phi) is 4.40. The van der Waals surface area contributed by atoms with Gasteiger partial charge < -0.3 is 9.73 Å². The molecule has 0 saturated heterocycles. The first-order valence-electron chi connectivity index (χ1n) is 6.67. The van der Waals surface area contributed by atoms with Gasteiger partial charge in [-0.25, -0.2) is 4.98 Å². The Hall–Kier alpha value is -1.92. The maximum atomic E-state index is 11.9. The highest BCUT2D eigenvalue weighted by molar-refractivity contribution is 9.10. The number of amides is 1. The Labute approximate surface area is 140 Å². The maximum absolute atomic E-state index is 11.9. The van der Waals surface area contributed by atoms with E-state index in [4.69, 9.17) is 4.42 Å². The molecule has 1 amide bonds. The fourth-order valence-electron chi connectivity index (χ4n) is 2.02. The third-order valence-corrected chi connectivity index (χ3v) is 4.50. The molecule has 0 unspecified atom stereocenters. The molecule has 112 valence electrons. The number of furan rings is 1. The summed E-state index contributed by atoms with van der Waals surface area (Å²) in [7, 11) is 0. The van der Waals surface area contributed by atoms with Crippen LogP contribution in [0.3, 0.4) is 0 Å². The number of hydrogen-bond acceptors (Lipinski definition) is 4. The topological polar surface area (TPSA) is 55.1 Å². The zero-order valence-corrected chi connectivity index (χ0v) is 14.2. The number of nitrogens with zero attached hydrogens (tertiary/aromatic N) is 1. The summed E-state index contributed by atoms with van der Waals surface area (Å²) in [4.78, 5) is 16.5. The van der Waals surface area contributed by atoms with Gasteiger partial charge >= 0.3 is 0 Å². The first kappa shape index (κ1) is 15.0. The Bertz CT molecular complexity index is 810. The molecular weight excluding hydrogens is 364 g/mol. The van der Waals surface area contributed by atoms with Crippen LogP contribution >= 0.6 is 27.3 Å². The lowest BCUT2D eigenvalue weighted by atomic mass is 10.1. The molecule has 0 atom stereocenters. The summed E-state index contributed by atoms with van der Waals surface area (Å²) in [6, 6.07) is 11.4. The summed E-state index contributed by atoms with van der Waals surface area (Å²) in [6.07, 6.45) is 0. The molecule has 0 aliphatic rings. The lowest BCUT2D eigenvalue weighted by Crippen LogP contribution is -2.22. The maximum Gasteiger partial charge on any atom is 0.287 e. The minimum absolute atomic E-state index is 0.254. The average molecular weight is 377 g/mol. The van der Waals surface area contributed by atoms with E-state index in [2.05, 4.69) is 45.3 Å². The molecule has 1 N–H and O–H groups in total. The molecule has 2 aromatic heterocycles. The van der Waals surface area contributed by atoms with Gasteiger partial charge in [-0.3, -0.25) is 4.79 Å². The van der Waals surface area contributed by atoms with Gasteiger partial charge in [-0.1, -0.05) is 24.3 Å². The summed E-state index contributed by atoms with van der Waals surface area (Å²) >= 11 is 4.75. The molecule has 0 radical (unpaired) electrons. The monoisotopic (exact) mass is 376 g/mol. The normalized spacial score (nSPS) is 10.6. The van der Waals surface area contributed by atoms with E-state index < -0.39 is 0 Å². The SMILES string of the molecule is Cc1ccccc1-c1nc(CNC(=O)c2ccc(Br)o2)cs1. The van der Waals surface area contributed by atoms with Gasteiger partial charge in [0.2, 0.25) is 0 Å². The number of nitrogens with one attached hydrogen (secondary N) is 1. The van der Waals surface area contributed by atoms with E-state index >= 15 is 0 Å².